The van der Waals surface area contributed by atoms with Gasteiger partial charge in [-0.1, -0.05) is 31.0 Å². The highest BCUT2D eigenvalue weighted by atomic mass is 19.4. The largest absolute Gasteiger partial charge is 0.493 e. The first-order chi connectivity index (χ1) is 20.1. The molecule has 3 aliphatic rings. The van der Waals surface area contributed by atoms with E-state index in [1.807, 2.05) is 18.2 Å². The van der Waals surface area contributed by atoms with Crippen LogP contribution in [0.15, 0.2) is 47.6 Å². The van der Waals surface area contributed by atoms with Crippen LogP contribution in [-0.2, 0) is 22.2 Å². The van der Waals surface area contributed by atoms with Gasteiger partial charge in [-0.3, -0.25) is 9.59 Å². The van der Waals surface area contributed by atoms with Crippen LogP contribution in [0.1, 0.15) is 55.2 Å². The number of methoxy groups -OCH3 is 2. The minimum Gasteiger partial charge on any atom is -0.493 e. The Morgan fingerprint density at radius 3 is 2.33 bits per heavy atom. The fourth-order valence-corrected chi connectivity index (χ4v) is 6.56. The molecule has 2 fully saturated rings. The van der Waals surface area contributed by atoms with Gasteiger partial charge in [0.15, 0.2) is 11.5 Å². The van der Waals surface area contributed by atoms with Crippen LogP contribution in [0, 0.1) is 11.8 Å². The van der Waals surface area contributed by atoms with E-state index in [2.05, 4.69) is 0 Å². The summed E-state index contributed by atoms with van der Waals surface area (Å²) in [6, 6.07) is 9.59. The molecule has 2 heterocycles. The molecule has 2 N–H and O–H groups in total. The van der Waals surface area contributed by atoms with Gasteiger partial charge in [0.25, 0.3) is 0 Å². The van der Waals surface area contributed by atoms with Crippen molar-refractivity contribution in [2.75, 3.05) is 27.3 Å². The molecule has 8 nitrogen and oxygen atoms in total. The lowest BCUT2D eigenvalue weighted by molar-refractivity contribution is -0.144. The molecular weight excluding hydrogens is 549 g/mol. The van der Waals surface area contributed by atoms with Crippen LogP contribution in [0.2, 0.25) is 0 Å². The summed E-state index contributed by atoms with van der Waals surface area (Å²) in [6.07, 6.45) is -0.00479. The first kappa shape index (κ1) is 29.9. The van der Waals surface area contributed by atoms with Crippen LogP contribution in [0.4, 0.5) is 13.2 Å². The molecule has 2 amide bonds. The van der Waals surface area contributed by atoms with Crippen molar-refractivity contribution in [3.63, 3.8) is 0 Å². The van der Waals surface area contributed by atoms with E-state index in [9.17, 15) is 22.8 Å². The summed E-state index contributed by atoms with van der Waals surface area (Å²) in [4.78, 5) is 28.4. The second-order valence-corrected chi connectivity index (χ2v) is 11.3. The molecule has 0 bridgehead atoms. The number of carbonyl (C=O) groups excluding carboxylic acids is 2. The maximum Gasteiger partial charge on any atom is 0.416 e. The standard InChI is InChI=1S/C31H37F3N4O4/c1-41-26-12-11-20(18-27(26)42-2)28-22-8-4-5-9-23(22)29(39)38(36-28)21-13-15-37(16-14-21)30(40)25(35)17-19-7-3-6-10-24(19)31(32,33)34/h3,6-7,10-12,18,21-23,25H,4-5,8-9,13-17,35H2,1-2H3/t22-,23+,25+/m0/s1. The van der Waals surface area contributed by atoms with Crippen LogP contribution in [0.3, 0.4) is 0 Å². The van der Waals surface area contributed by atoms with Crippen molar-refractivity contribution in [2.24, 2.45) is 22.7 Å². The summed E-state index contributed by atoms with van der Waals surface area (Å²) in [5.74, 6) is 0.713. The predicted molar refractivity (Wildman–Crippen MR) is 151 cm³/mol. The number of alkyl halides is 3. The quantitative estimate of drug-likeness (QED) is 0.510. The molecule has 0 spiro atoms. The van der Waals surface area contributed by atoms with Crippen LogP contribution in [-0.4, -0.2) is 66.8 Å². The van der Waals surface area contributed by atoms with E-state index in [0.717, 1.165) is 43.0 Å². The summed E-state index contributed by atoms with van der Waals surface area (Å²) in [6.45, 7) is 0.689. The van der Waals surface area contributed by atoms with Crippen molar-refractivity contribution in [1.29, 1.82) is 0 Å². The van der Waals surface area contributed by atoms with Crippen molar-refractivity contribution in [1.82, 2.24) is 9.91 Å². The smallest absolute Gasteiger partial charge is 0.416 e. The van der Waals surface area contributed by atoms with Gasteiger partial charge in [-0.15, -0.1) is 0 Å². The third-order valence-electron chi connectivity index (χ3n) is 8.76. The molecule has 5 rings (SSSR count). The number of fused-ring (bicyclic) bond motifs is 1. The van der Waals surface area contributed by atoms with Crippen molar-refractivity contribution in [3.05, 3.63) is 59.2 Å². The highest BCUT2D eigenvalue weighted by Crippen LogP contribution is 2.40. The van der Waals surface area contributed by atoms with E-state index in [-0.39, 0.29) is 35.8 Å². The number of rotatable bonds is 7. The number of hydrogen-bond donors (Lipinski definition) is 1. The zero-order valence-corrected chi connectivity index (χ0v) is 23.9. The molecule has 1 aliphatic carbocycles. The number of likely N-dealkylation sites (tertiary alicyclic amines) is 1. The highest BCUT2D eigenvalue weighted by molar-refractivity contribution is 6.07. The van der Waals surface area contributed by atoms with Crippen LogP contribution in [0.25, 0.3) is 0 Å². The topological polar surface area (TPSA) is 97.5 Å². The average molecular weight is 587 g/mol. The van der Waals surface area contributed by atoms with E-state index >= 15 is 0 Å². The SMILES string of the molecule is COc1ccc(C2=NN(C3CCN(C(=O)[C@H](N)Cc4ccccc4C(F)(F)F)CC3)C(=O)[C@@H]3CCCC[C@H]23)cc1OC. The Morgan fingerprint density at radius 2 is 1.67 bits per heavy atom. The van der Waals surface area contributed by atoms with Gasteiger partial charge >= 0.3 is 6.18 Å². The number of halogens is 3. The van der Waals surface area contributed by atoms with Crippen molar-refractivity contribution >= 4 is 17.5 Å². The summed E-state index contributed by atoms with van der Waals surface area (Å²) < 4.78 is 51.2. The summed E-state index contributed by atoms with van der Waals surface area (Å²) >= 11 is 0. The lowest BCUT2D eigenvalue weighted by atomic mass is 9.73. The summed E-state index contributed by atoms with van der Waals surface area (Å²) in [5, 5.41) is 6.56. The molecular formula is C31H37F3N4O4. The molecule has 0 unspecified atom stereocenters. The van der Waals surface area contributed by atoms with Crippen LogP contribution >= 0.6 is 0 Å². The molecule has 3 atom stereocenters. The zero-order chi connectivity index (χ0) is 30.0. The van der Waals surface area contributed by atoms with E-state index in [0.29, 0.717) is 37.4 Å². The van der Waals surface area contributed by atoms with E-state index in [1.165, 1.54) is 18.2 Å². The number of hydrazone groups is 1. The molecule has 226 valence electrons. The maximum absolute atomic E-state index is 13.7. The van der Waals surface area contributed by atoms with Crippen molar-refractivity contribution < 1.29 is 32.2 Å². The number of nitrogens with zero attached hydrogens (tertiary/aromatic N) is 3. The van der Waals surface area contributed by atoms with Crippen LogP contribution in [0.5, 0.6) is 11.5 Å². The fraction of sp³-hybridized carbons (Fsp3) is 0.516. The Hall–Kier alpha value is -3.60. The Kier molecular flexibility index (Phi) is 8.77. The number of piperidine rings is 1. The van der Waals surface area contributed by atoms with Gasteiger partial charge < -0.3 is 20.1 Å². The molecule has 1 saturated carbocycles. The zero-order valence-electron chi connectivity index (χ0n) is 23.9. The van der Waals surface area contributed by atoms with Crippen LogP contribution < -0.4 is 15.2 Å². The number of amides is 2. The summed E-state index contributed by atoms with van der Waals surface area (Å²) in [5.41, 5.74) is 7.10. The van der Waals surface area contributed by atoms with E-state index in [1.54, 1.807) is 24.1 Å². The molecule has 11 heteroatoms. The third kappa shape index (κ3) is 5.97. The lowest BCUT2D eigenvalue weighted by Crippen LogP contribution is -2.54. The van der Waals surface area contributed by atoms with E-state index < -0.39 is 23.7 Å². The van der Waals surface area contributed by atoms with E-state index in [4.69, 9.17) is 20.3 Å². The third-order valence-corrected chi connectivity index (χ3v) is 8.76. The molecule has 0 radical (unpaired) electrons. The van der Waals surface area contributed by atoms with Gasteiger partial charge in [0.1, 0.15) is 0 Å². The monoisotopic (exact) mass is 586 g/mol. The maximum atomic E-state index is 13.7. The summed E-state index contributed by atoms with van der Waals surface area (Å²) in [7, 11) is 3.16. The average Bonchev–Trinajstić information content (AvgIpc) is 3.00. The second-order valence-electron chi connectivity index (χ2n) is 11.3. The molecule has 42 heavy (non-hydrogen) atoms. The van der Waals surface area contributed by atoms with Gasteiger partial charge in [0.2, 0.25) is 11.8 Å². The van der Waals surface area contributed by atoms with Crippen molar-refractivity contribution in [2.45, 2.75) is 63.2 Å². The lowest BCUT2D eigenvalue weighted by Gasteiger charge is -2.43. The van der Waals surface area contributed by atoms with Gasteiger partial charge in [-0.2, -0.15) is 18.3 Å². The van der Waals surface area contributed by atoms with Gasteiger partial charge in [-0.05, 0) is 61.9 Å². The minimum absolute atomic E-state index is 0.00119. The molecule has 2 aromatic carbocycles. The molecule has 2 aliphatic heterocycles. The van der Waals surface area contributed by atoms with Gasteiger partial charge in [0, 0.05) is 30.5 Å². The number of benzene rings is 2. The molecule has 1 saturated heterocycles. The van der Waals surface area contributed by atoms with Crippen molar-refractivity contribution in [3.8, 4) is 11.5 Å². The second kappa shape index (κ2) is 12.3. The fourth-order valence-electron chi connectivity index (χ4n) is 6.56. The van der Waals surface area contributed by atoms with Gasteiger partial charge in [0.05, 0.1) is 37.6 Å². The Balaban J connectivity index is 1.31. The number of ether oxygens (including phenoxy) is 2. The first-order valence-electron chi connectivity index (χ1n) is 14.5. The predicted octanol–water partition coefficient (Wildman–Crippen LogP) is 4.64. The number of carbonyl (C=O) groups is 2. The minimum atomic E-state index is -4.52. The molecule has 2 aromatic rings. The normalized spacial score (nSPS) is 22.3. The van der Waals surface area contributed by atoms with Gasteiger partial charge in [-0.25, -0.2) is 5.01 Å². The molecule has 0 aromatic heterocycles. The first-order valence-corrected chi connectivity index (χ1v) is 14.5. The number of nitrogens with two attached hydrogens (primary N) is 1. The Morgan fingerprint density at radius 1 is 1.00 bits per heavy atom. The number of hydrogen-bond acceptors (Lipinski definition) is 6. The Bertz CT molecular complexity index is 1340. The Labute approximate surface area is 243 Å². The highest BCUT2D eigenvalue weighted by Gasteiger charge is 2.44.